The van der Waals surface area contributed by atoms with Crippen molar-refractivity contribution >= 4 is 40.2 Å². The van der Waals surface area contributed by atoms with Crippen LogP contribution in [0, 0.1) is 18.8 Å². The van der Waals surface area contributed by atoms with Gasteiger partial charge in [0, 0.05) is 6.42 Å². The van der Waals surface area contributed by atoms with Gasteiger partial charge in [0.25, 0.3) is 0 Å². The minimum Gasteiger partial charge on any atom is -0.465 e. The Hall–Kier alpha value is -0.520. The maximum atomic E-state index is 12.5. The number of carbonyl (C=O) groups excluding carboxylic acids is 2. The highest BCUT2D eigenvalue weighted by Gasteiger charge is 2.39. The van der Waals surface area contributed by atoms with Gasteiger partial charge in [0.05, 0.1) is 19.7 Å². The van der Waals surface area contributed by atoms with Gasteiger partial charge in [-0.1, -0.05) is 25.1 Å². The van der Waals surface area contributed by atoms with Crippen LogP contribution in [0.25, 0.3) is 0 Å². The lowest BCUT2D eigenvalue weighted by atomic mass is 9.70. The summed E-state index contributed by atoms with van der Waals surface area (Å²) < 4.78 is 10.6. The maximum absolute atomic E-state index is 12.5. The van der Waals surface area contributed by atoms with E-state index in [0.29, 0.717) is 32.5 Å². The first-order valence-electron chi connectivity index (χ1n) is 8.24. The van der Waals surface area contributed by atoms with E-state index in [1.807, 2.05) is 0 Å². The Bertz CT molecular complexity index is 605. The molecule has 1 aliphatic carbocycles. The van der Waals surface area contributed by atoms with E-state index < -0.39 is 5.92 Å². The third-order valence-corrected chi connectivity index (χ3v) is 5.90. The molecule has 1 saturated carbocycles. The summed E-state index contributed by atoms with van der Waals surface area (Å²) in [5.41, 5.74) is 3.53. The molecule has 4 atom stereocenters. The summed E-state index contributed by atoms with van der Waals surface area (Å²) in [6.07, 6.45) is 0.974. The van der Waals surface area contributed by atoms with Gasteiger partial charge in [-0.15, -0.1) is 0 Å². The van der Waals surface area contributed by atoms with Crippen LogP contribution in [0.1, 0.15) is 49.3 Å². The molecule has 1 aliphatic rings. The van der Waals surface area contributed by atoms with Gasteiger partial charge in [-0.05, 0) is 70.8 Å². The van der Waals surface area contributed by atoms with E-state index in [4.69, 9.17) is 9.26 Å². The quantitative estimate of drug-likeness (QED) is 0.266. The summed E-state index contributed by atoms with van der Waals surface area (Å²) in [7, 11) is 0. The number of ether oxygens (including phenoxy) is 1. The van der Waals surface area contributed by atoms with Crippen LogP contribution in [-0.4, -0.2) is 18.4 Å². The lowest BCUT2D eigenvalue weighted by molar-refractivity contribution is -0.153. The molecule has 0 bridgehead atoms. The number of hydrogen-bond donors (Lipinski definition) is 0. The summed E-state index contributed by atoms with van der Waals surface area (Å²) >= 11 is 2.21. The highest BCUT2D eigenvalue weighted by atomic mass is 127. The number of hydrogen-bond acceptors (Lipinski definition) is 4. The summed E-state index contributed by atoms with van der Waals surface area (Å²) in [4.78, 5) is 24.5. The zero-order valence-corrected chi connectivity index (χ0v) is 17.5. The molecule has 0 spiro atoms. The number of benzene rings is 1. The van der Waals surface area contributed by atoms with Gasteiger partial charge in [0.2, 0.25) is 0 Å². The molecule has 0 saturated heterocycles. The molecule has 2 rings (SSSR count). The number of esters is 1. The van der Waals surface area contributed by atoms with Gasteiger partial charge in [-0.25, -0.2) is 0 Å². The van der Waals surface area contributed by atoms with Crippen LogP contribution in [0.2, 0.25) is 0 Å². The lowest BCUT2D eigenvalue weighted by Gasteiger charge is -2.33. The summed E-state index contributed by atoms with van der Waals surface area (Å²) in [5.74, 6) is -0.534. The molecular weight excluding hydrogens is 438 g/mol. The summed E-state index contributed by atoms with van der Waals surface area (Å²) in [5, 5.41) is 0. The Balaban J connectivity index is 2.18. The van der Waals surface area contributed by atoms with Crippen molar-refractivity contribution in [3.05, 3.63) is 34.9 Å². The number of Topliss-reactive ketones (excluding diaryl/α,β-unsaturated/α-hetero) is 1. The Morgan fingerprint density at radius 1 is 1.42 bits per heavy atom. The molecule has 0 radical (unpaired) electrons. The van der Waals surface area contributed by atoms with Crippen LogP contribution in [0.4, 0.5) is 0 Å². The van der Waals surface area contributed by atoms with Crippen LogP contribution >= 0.6 is 28.5 Å². The van der Waals surface area contributed by atoms with Crippen molar-refractivity contribution in [2.45, 2.75) is 46.1 Å². The highest BCUT2D eigenvalue weighted by molar-refractivity contribution is 14.2. The molecule has 0 heterocycles. The van der Waals surface area contributed by atoms with Crippen molar-refractivity contribution in [3.63, 3.8) is 0 Å². The van der Waals surface area contributed by atoms with Crippen LogP contribution in [0.15, 0.2) is 18.2 Å². The molecular formula is C18H24IO4P. The van der Waals surface area contributed by atoms with E-state index in [-0.39, 0.29) is 23.6 Å². The van der Waals surface area contributed by atoms with E-state index in [0.717, 1.165) is 5.56 Å². The number of rotatable bonds is 6. The average Bonchev–Trinajstić information content (AvgIpc) is 2.56. The van der Waals surface area contributed by atoms with Gasteiger partial charge < -0.3 is 9.26 Å². The predicted octanol–water partition coefficient (Wildman–Crippen LogP) is 4.72. The number of aryl methyl sites for hydroxylation is 1. The number of halogens is 1. The van der Waals surface area contributed by atoms with Crippen molar-refractivity contribution in [1.82, 2.24) is 0 Å². The van der Waals surface area contributed by atoms with Gasteiger partial charge in [-0.2, -0.15) is 0 Å². The Labute approximate surface area is 158 Å². The first-order valence-corrected chi connectivity index (χ1v) is 12.3. The van der Waals surface area contributed by atoms with Crippen LogP contribution < -0.4 is 0 Å². The van der Waals surface area contributed by atoms with E-state index in [1.54, 1.807) is 6.92 Å². The van der Waals surface area contributed by atoms with Crippen molar-refractivity contribution in [2.24, 2.45) is 11.8 Å². The summed E-state index contributed by atoms with van der Waals surface area (Å²) in [6.45, 7) is 7.31. The molecule has 24 heavy (non-hydrogen) atoms. The molecule has 4 unspecified atom stereocenters. The molecule has 0 N–H and O–H groups in total. The first-order chi connectivity index (χ1) is 11.5. The van der Waals surface area contributed by atoms with Gasteiger partial charge in [-0.3, -0.25) is 9.59 Å². The predicted molar refractivity (Wildman–Crippen MR) is 105 cm³/mol. The second kappa shape index (κ2) is 9.25. The van der Waals surface area contributed by atoms with Crippen LogP contribution in [0.3, 0.4) is 0 Å². The standard InChI is InChI=1S/C18H24IO4P/c1-4-22-18(21)16-7-12(3)15(9-17(16)20)14-8-13(10-23-24-19)6-5-11(14)2/h5-6,8,12,15-16,24H,4,7,9-10H2,1-3H3. The SMILES string of the molecule is CCOC(=O)C1CC(C)C(c2cc(COPI)ccc2C)CC1=O. The molecule has 0 aliphatic heterocycles. The molecule has 0 amide bonds. The minimum absolute atomic E-state index is 0.00588. The van der Waals surface area contributed by atoms with Crippen molar-refractivity contribution in [3.8, 4) is 0 Å². The molecule has 0 aromatic heterocycles. The first kappa shape index (κ1) is 19.8. The smallest absolute Gasteiger partial charge is 0.316 e. The molecule has 6 heteroatoms. The third-order valence-electron chi connectivity index (χ3n) is 4.71. The van der Waals surface area contributed by atoms with Crippen molar-refractivity contribution in [1.29, 1.82) is 0 Å². The van der Waals surface area contributed by atoms with Crippen LogP contribution in [-0.2, 0) is 25.5 Å². The maximum Gasteiger partial charge on any atom is 0.316 e. The second-order valence-corrected chi connectivity index (χ2v) is 8.12. The number of ketones is 1. The zero-order valence-electron chi connectivity index (χ0n) is 14.3. The lowest BCUT2D eigenvalue weighted by Crippen LogP contribution is -2.35. The molecule has 1 fully saturated rings. The van der Waals surface area contributed by atoms with Gasteiger partial charge in [0.1, 0.15) is 11.7 Å². The van der Waals surface area contributed by atoms with E-state index in [9.17, 15) is 9.59 Å². The van der Waals surface area contributed by atoms with Crippen LogP contribution in [0.5, 0.6) is 0 Å². The van der Waals surface area contributed by atoms with Crippen molar-refractivity contribution in [2.75, 3.05) is 6.61 Å². The topological polar surface area (TPSA) is 52.6 Å². The fourth-order valence-corrected chi connectivity index (χ4v) is 4.09. The largest absolute Gasteiger partial charge is 0.465 e. The van der Waals surface area contributed by atoms with Gasteiger partial charge in [0.15, 0.2) is 0 Å². The number of carbonyl (C=O) groups is 2. The minimum atomic E-state index is -0.594. The fraction of sp³-hybridized carbons (Fsp3) is 0.556. The molecule has 132 valence electrons. The van der Waals surface area contributed by atoms with Crippen molar-refractivity contribution < 1.29 is 18.8 Å². The molecule has 1 aromatic rings. The van der Waals surface area contributed by atoms with Gasteiger partial charge >= 0.3 is 5.97 Å². The second-order valence-electron chi connectivity index (χ2n) is 6.35. The summed E-state index contributed by atoms with van der Waals surface area (Å²) in [6, 6.07) is 6.33. The zero-order chi connectivity index (χ0) is 17.7. The third kappa shape index (κ3) is 4.77. The monoisotopic (exact) mass is 462 g/mol. The van der Waals surface area contributed by atoms with E-state index in [2.05, 4.69) is 54.1 Å². The fourth-order valence-electron chi connectivity index (χ4n) is 3.40. The highest BCUT2D eigenvalue weighted by Crippen LogP contribution is 2.40. The average molecular weight is 462 g/mol. The Morgan fingerprint density at radius 2 is 2.17 bits per heavy atom. The van der Waals surface area contributed by atoms with E-state index in [1.165, 1.54) is 11.1 Å². The molecule has 4 nitrogen and oxygen atoms in total. The molecule has 1 aromatic carbocycles. The Kier molecular flexibility index (Phi) is 7.63. The van der Waals surface area contributed by atoms with E-state index >= 15 is 0 Å². The Morgan fingerprint density at radius 3 is 2.83 bits per heavy atom. The normalized spacial score (nSPS) is 24.5.